The van der Waals surface area contributed by atoms with Crippen LogP contribution in [-0.2, 0) is 12.8 Å². The minimum absolute atomic E-state index is 0.541. The number of hydrogen-bond acceptors (Lipinski definition) is 0. The molecule has 15 heavy (non-hydrogen) atoms. The fourth-order valence-corrected chi connectivity index (χ4v) is 2.84. The molecule has 1 atom stereocenters. The summed E-state index contributed by atoms with van der Waals surface area (Å²) in [7, 11) is 0. The highest BCUT2D eigenvalue weighted by atomic mass is 35.5. The van der Waals surface area contributed by atoms with Gasteiger partial charge in [0.1, 0.15) is 0 Å². The lowest BCUT2D eigenvalue weighted by molar-refractivity contribution is 0.678. The van der Waals surface area contributed by atoms with Crippen LogP contribution in [0.2, 0.25) is 0 Å². The van der Waals surface area contributed by atoms with Crippen LogP contribution in [-0.4, -0.2) is 5.88 Å². The molecule has 0 bridgehead atoms. The molecule has 0 aromatic heterocycles. The quantitative estimate of drug-likeness (QED) is 0.669. The Bertz CT molecular complexity index is 326. The van der Waals surface area contributed by atoms with E-state index in [1.165, 1.54) is 31.2 Å². The van der Waals surface area contributed by atoms with Crippen LogP contribution < -0.4 is 0 Å². The third kappa shape index (κ3) is 2.36. The fraction of sp³-hybridized carbons (Fsp3) is 0.571. The Labute approximate surface area is 97.6 Å². The van der Waals surface area contributed by atoms with Crippen LogP contribution in [0.3, 0.4) is 0 Å². The summed E-state index contributed by atoms with van der Waals surface area (Å²) in [5, 5.41) is 0. The number of hydrogen-bond donors (Lipinski definition) is 0. The van der Waals surface area contributed by atoms with Crippen LogP contribution >= 0.6 is 11.6 Å². The first-order chi connectivity index (χ1) is 7.35. The SMILES string of the molecule is CCC(CCl)c1ccc2c(c1)CCCC2. The van der Waals surface area contributed by atoms with E-state index >= 15 is 0 Å². The smallest absolute Gasteiger partial charge is 0.0292 e. The normalized spacial score (nSPS) is 17.2. The Hall–Kier alpha value is -0.490. The summed E-state index contributed by atoms with van der Waals surface area (Å²) in [6.07, 6.45) is 6.39. The lowest BCUT2D eigenvalue weighted by atomic mass is 9.87. The van der Waals surface area contributed by atoms with Gasteiger partial charge in [0, 0.05) is 5.88 Å². The van der Waals surface area contributed by atoms with Crippen molar-refractivity contribution in [1.29, 1.82) is 0 Å². The lowest BCUT2D eigenvalue weighted by Gasteiger charge is -2.19. The maximum atomic E-state index is 5.99. The summed E-state index contributed by atoms with van der Waals surface area (Å²) in [4.78, 5) is 0. The highest BCUT2D eigenvalue weighted by Crippen LogP contribution is 2.27. The molecule has 0 fully saturated rings. The molecule has 0 saturated heterocycles. The topological polar surface area (TPSA) is 0 Å². The molecular formula is C14H19Cl. The highest BCUT2D eigenvalue weighted by molar-refractivity contribution is 6.18. The Morgan fingerprint density at radius 2 is 1.93 bits per heavy atom. The van der Waals surface area contributed by atoms with Crippen LogP contribution in [0, 0.1) is 0 Å². The van der Waals surface area contributed by atoms with Crippen LogP contribution in [0.5, 0.6) is 0 Å². The second-order valence-electron chi connectivity index (χ2n) is 4.49. The number of aryl methyl sites for hydroxylation is 2. The summed E-state index contributed by atoms with van der Waals surface area (Å²) in [6.45, 7) is 2.21. The van der Waals surface area contributed by atoms with Crippen molar-refractivity contribution in [3.8, 4) is 0 Å². The van der Waals surface area contributed by atoms with Crippen LogP contribution in [0.15, 0.2) is 18.2 Å². The zero-order valence-corrected chi connectivity index (χ0v) is 10.2. The maximum absolute atomic E-state index is 5.99. The fourth-order valence-electron chi connectivity index (χ4n) is 2.44. The van der Waals surface area contributed by atoms with Crippen molar-refractivity contribution in [2.45, 2.75) is 44.9 Å². The molecule has 0 radical (unpaired) electrons. The second kappa shape index (κ2) is 5.03. The van der Waals surface area contributed by atoms with E-state index in [2.05, 4.69) is 25.1 Å². The average molecular weight is 223 g/mol. The van der Waals surface area contributed by atoms with Crippen LogP contribution in [0.25, 0.3) is 0 Å². The first-order valence-corrected chi connectivity index (χ1v) is 6.56. The van der Waals surface area contributed by atoms with Crippen molar-refractivity contribution in [1.82, 2.24) is 0 Å². The van der Waals surface area contributed by atoms with Gasteiger partial charge >= 0.3 is 0 Å². The van der Waals surface area contributed by atoms with Gasteiger partial charge in [-0.05, 0) is 54.7 Å². The van der Waals surface area contributed by atoms with Gasteiger partial charge in [0.15, 0.2) is 0 Å². The van der Waals surface area contributed by atoms with E-state index in [9.17, 15) is 0 Å². The van der Waals surface area contributed by atoms with Gasteiger partial charge in [-0.2, -0.15) is 0 Å². The molecule has 0 heterocycles. The lowest BCUT2D eigenvalue weighted by Crippen LogP contribution is -2.06. The predicted molar refractivity (Wildman–Crippen MR) is 66.8 cm³/mol. The minimum Gasteiger partial charge on any atom is -0.126 e. The molecule has 2 rings (SSSR count). The third-order valence-corrected chi connectivity index (χ3v) is 3.90. The van der Waals surface area contributed by atoms with E-state index in [0.29, 0.717) is 5.92 Å². The van der Waals surface area contributed by atoms with Gasteiger partial charge in [-0.25, -0.2) is 0 Å². The van der Waals surface area contributed by atoms with E-state index in [-0.39, 0.29) is 0 Å². The zero-order chi connectivity index (χ0) is 10.7. The first-order valence-electron chi connectivity index (χ1n) is 6.02. The molecule has 0 nitrogen and oxygen atoms in total. The van der Waals surface area contributed by atoms with E-state index in [0.717, 1.165) is 12.3 Å². The molecule has 1 aromatic rings. The monoisotopic (exact) mass is 222 g/mol. The summed E-state index contributed by atoms with van der Waals surface area (Å²) in [5.74, 6) is 1.29. The predicted octanol–water partition coefficient (Wildman–Crippen LogP) is 4.30. The summed E-state index contributed by atoms with van der Waals surface area (Å²) in [6, 6.07) is 6.99. The van der Waals surface area contributed by atoms with Crippen molar-refractivity contribution in [3.63, 3.8) is 0 Å². The van der Waals surface area contributed by atoms with E-state index in [1.54, 1.807) is 11.1 Å². The molecule has 1 aromatic carbocycles. The zero-order valence-electron chi connectivity index (χ0n) is 9.43. The molecule has 1 unspecified atom stereocenters. The highest BCUT2D eigenvalue weighted by Gasteiger charge is 2.13. The van der Waals surface area contributed by atoms with Crippen LogP contribution in [0.1, 0.15) is 48.8 Å². The second-order valence-corrected chi connectivity index (χ2v) is 4.80. The Balaban J connectivity index is 2.27. The van der Waals surface area contributed by atoms with Crippen molar-refractivity contribution in [2.75, 3.05) is 5.88 Å². The van der Waals surface area contributed by atoms with Crippen molar-refractivity contribution in [2.24, 2.45) is 0 Å². The molecule has 1 heteroatoms. The van der Waals surface area contributed by atoms with Crippen molar-refractivity contribution >= 4 is 11.6 Å². The van der Waals surface area contributed by atoms with Crippen LogP contribution in [0.4, 0.5) is 0 Å². The van der Waals surface area contributed by atoms with Gasteiger partial charge in [-0.3, -0.25) is 0 Å². The Morgan fingerprint density at radius 1 is 1.20 bits per heavy atom. The standard InChI is InChI=1S/C14H19Cl/c1-2-11(10-15)14-8-7-12-5-3-4-6-13(12)9-14/h7-9,11H,2-6,10H2,1H3. The Kier molecular flexibility index (Phi) is 3.69. The van der Waals surface area contributed by atoms with E-state index in [4.69, 9.17) is 11.6 Å². The van der Waals surface area contributed by atoms with Gasteiger partial charge < -0.3 is 0 Å². The molecule has 1 aliphatic carbocycles. The average Bonchev–Trinajstić information content (AvgIpc) is 2.30. The van der Waals surface area contributed by atoms with Gasteiger partial charge in [0.2, 0.25) is 0 Å². The molecule has 0 aliphatic heterocycles. The van der Waals surface area contributed by atoms with Gasteiger partial charge in [0.25, 0.3) is 0 Å². The number of rotatable bonds is 3. The third-order valence-electron chi connectivity index (χ3n) is 3.52. The summed E-state index contributed by atoms with van der Waals surface area (Å²) >= 11 is 5.99. The maximum Gasteiger partial charge on any atom is 0.0292 e. The number of alkyl halides is 1. The van der Waals surface area contributed by atoms with Gasteiger partial charge in [-0.15, -0.1) is 11.6 Å². The van der Waals surface area contributed by atoms with Gasteiger partial charge in [0.05, 0.1) is 0 Å². The van der Waals surface area contributed by atoms with Crippen molar-refractivity contribution in [3.05, 3.63) is 34.9 Å². The largest absolute Gasteiger partial charge is 0.126 e. The summed E-state index contributed by atoms with van der Waals surface area (Å²) < 4.78 is 0. The summed E-state index contributed by atoms with van der Waals surface area (Å²) in [5.41, 5.74) is 4.57. The number of halogens is 1. The van der Waals surface area contributed by atoms with E-state index < -0.39 is 0 Å². The van der Waals surface area contributed by atoms with Gasteiger partial charge in [-0.1, -0.05) is 25.1 Å². The number of benzene rings is 1. The molecular weight excluding hydrogens is 204 g/mol. The molecule has 1 aliphatic rings. The Morgan fingerprint density at radius 3 is 2.60 bits per heavy atom. The minimum atomic E-state index is 0.541. The molecule has 0 amide bonds. The number of fused-ring (bicyclic) bond motifs is 1. The molecule has 0 N–H and O–H groups in total. The van der Waals surface area contributed by atoms with Crippen molar-refractivity contribution < 1.29 is 0 Å². The first kappa shape index (κ1) is 11.0. The molecule has 82 valence electrons. The molecule has 0 saturated carbocycles. The molecule has 0 spiro atoms. The van der Waals surface area contributed by atoms with E-state index in [1.807, 2.05) is 0 Å².